The molecule has 4 heteroatoms. The van der Waals surface area contributed by atoms with Crippen LogP contribution in [0.2, 0.25) is 0 Å². The van der Waals surface area contributed by atoms with Crippen molar-refractivity contribution in [2.45, 2.75) is 18.4 Å². The summed E-state index contributed by atoms with van der Waals surface area (Å²) >= 11 is 0. The van der Waals surface area contributed by atoms with E-state index < -0.39 is 11.6 Å². The molecule has 1 aliphatic carbocycles. The Labute approximate surface area is 64.8 Å². The first-order valence-electron chi connectivity index (χ1n) is 3.51. The van der Waals surface area contributed by atoms with Gasteiger partial charge in [-0.2, -0.15) is 0 Å². The fraction of sp³-hybridized carbons (Fsp3) is 0.857. The molecule has 2 N–H and O–H groups in total. The normalized spacial score (nSPS) is 36.4. The highest BCUT2D eigenvalue weighted by atomic mass is 16.5. The fourth-order valence-electron chi connectivity index (χ4n) is 1.42. The molecule has 0 spiro atoms. The van der Waals surface area contributed by atoms with Gasteiger partial charge in [0.2, 0.25) is 0 Å². The van der Waals surface area contributed by atoms with Gasteiger partial charge in [-0.3, -0.25) is 4.79 Å². The number of carboxylic acid groups (broad SMARTS) is 1. The lowest BCUT2D eigenvalue weighted by Gasteiger charge is -2.40. The summed E-state index contributed by atoms with van der Waals surface area (Å²) in [6.07, 6.45) is 0.631. The molecule has 0 amide bonds. The minimum absolute atomic E-state index is 0.233. The van der Waals surface area contributed by atoms with Crippen molar-refractivity contribution in [1.29, 1.82) is 0 Å². The van der Waals surface area contributed by atoms with Gasteiger partial charge in [0.1, 0.15) is 0 Å². The number of carbonyl (C=O) groups is 1. The van der Waals surface area contributed by atoms with Crippen LogP contribution < -0.4 is 0 Å². The van der Waals surface area contributed by atoms with Crippen molar-refractivity contribution in [3.05, 3.63) is 0 Å². The highest BCUT2D eigenvalue weighted by Crippen LogP contribution is 2.37. The zero-order chi connectivity index (χ0) is 8.48. The van der Waals surface area contributed by atoms with Gasteiger partial charge in [0.05, 0.1) is 18.1 Å². The van der Waals surface area contributed by atoms with Crippen LogP contribution in [0, 0.1) is 5.92 Å². The molecule has 0 aliphatic heterocycles. The first-order valence-corrected chi connectivity index (χ1v) is 3.51. The van der Waals surface area contributed by atoms with Gasteiger partial charge in [0.15, 0.2) is 0 Å². The van der Waals surface area contributed by atoms with E-state index in [0.29, 0.717) is 12.8 Å². The molecule has 0 saturated heterocycles. The summed E-state index contributed by atoms with van der Waals surface area (Å²) < 4.78 is 4.73. The Kier molecular flexibility index (Phi) is 2.15. The maximum Gasteiger partial charge on any atom is 0.306 e. The topological polar surface area (TPSA) is 66.8 Å². The Hall–Kier alpha value is -0.610. The van der Waals surface area contributed by atoms with Gasteiger partial charge in [0.25, 0.3) is 0 Å². The van der Waals surface area contributed by atoms with E-state index in [1.165, 1.54) is 7.11 Å². The Morgan fingerprint density at radius 2 is 2.27 bits per heavy atom. The monoisotopic (exact) mass is 160 g/mol. The maximum atomic E-state index is 10.3. The van der Waals surface area contributed by atoms with E-state index in [1.807, 2.05) is 0 Å². The molecule has 0 atom stereocenters. The van der Waals surface area contributed by atoms with Crippen LogP contribution in [-0.2, 0) is 9.53 Å². The molecule has 0 bridgehead atoms. The predicted octanol–water partition coefficient (Wildman–Crippen LogP) is -0.142. The number of carboxylic acids is 1. The smallest absolute Gasteiger partial charge is 0.306 e. The van der Waals surface area contributed by atoms with Crippen LogP contribution in [0.1, 0.15) is 12.8 Å². The van der Waals surface area contributed by atoms with Crippen LogP contribution in [-0.4, -0.2) is 35.5 Å². The third-order valence-electron chi connectivity index (χ3n) is 2.01. The molecule has 1 aliphatic rings. The van der Waals surface area contributed by atoms with Crippen molar-refractivity contribution in [3.63, 3.8) is 0 Å². The van der Waals surface area contributed by atoms with Crippen molar-refractivity contribution in [2.24, 2.45) is 5.92 Å². The Balaban J connectivity index is 2.31. The molecule has 0 unspecified atom stereocenters. The van der Waals surface area contributed by atoms with Gasteiger partial charge in [0, 0.05) is 7.11 Å². The molecule has 0 aromatic carbocycles. The molecule has 0 radical (unpaired) electrons. The fourth-order valence-corrected chi connectivity index (χ4v) is 1.42. The average molecular weight is 160 g/mol. The summed E-state index contributed by atoms with van der Waals surface area (Å²) in [5.74, 6) is -1.21. The third kappa shape index (κ3) is 1.70. The summed E-state index contributed by atoms with van der Waals surface area (Å²) in [7, 11) is 1.49. The van der Waals surface area contributed by atoms with Crippen LogP contribution in [0.4, 0.5) is 0 Å². The van der Waals surface area contributed by atoms with Crippen LogP contribution in [0.25, 0.3) is 0 Å². The number of hydrogen-bond donors (Lipinski definition) is 2. The second kappa shape index (κ2) is 2.79. The summed E-state index contributed by atoms with van der Waals surface area (Å²) in [4.78, 5) is 10.3. The lowest BCUT2D eigenvalue weighted by molar-refractivity contribution is -0.164. The Morgan fingerprint density at radius 1 is 1.73 bits per heavy atom. The molecule has 0 aromatic rings. The summed E-state index contributed by atoms with van der Waals surface area (Å²) in [6.45, 7) is 0.233. The van der Waals surface area contributed by atoms with Gasteiger partial charge in [-0.05, 0) is 12.8 Å². The highest BCUT2D eigenvalue weighted by molar-refractivity contribution is 5.71. The molecular formula is C7H12O4. The summed E-state index contributed by atoms with van der Waals surface area (Å²) in [5, 5.41) is 17.9. The SMILES string of the molecule is COCC1(O)CC(C(=O)O)C1. The molecule has 1 fully saturated rings. The van der Waals surface area contributed by atoms with E-state index in [2.05, 4.69) is 0 Å². The summed E-state index contributed by atoms with van der Waals surface area (Å²) in [5.41, 5.74) is -0.877. The van der Waals surface area contributed by atoms with Crippen LogP contribution in [0.3, 0.4) is 0 Å². The van der Waals surface area contributed by atoms with E-state index in [1.54, 1.807) is 0 Å². The number of aliphatic carboxylic acids is 1. The average Bonchev–Trinajstić information content (AvgIpc) is 1.82. The Bertz CT molecular complexity index is 160. The minimum atomic E-state index is -0.877. The number of hydrogen-bond acceptors (Lipinski definition) is 3. The maximum absolute atomic E-state index is 10.3. The molecule has 1 rings (SSSR count). The van der Waals surface area contributed by atoms with E-state index >= 15 is 0 Å². The summed E-state index contributed by atoms with van der Waals surface area (Å²) in [6, 6.07) is 0. The number of aliphatic hydroxyl groups is 1. The quantitative estimate of drug-likeness (QED) is 0.603. The molecule has 1 saturated carbocycles. The van der Waals surface area contributed by atoms with Crippen LogP contribution in [0.15, 0.2) is 0 Å². The van der Waals surface area contributed by atoms with E-state index in [-0.39, 0.29) is 12.5 Å². The number of methoxy groups -OCH3 is 1. The zero-order valence-corrected chi connectivity index (χ0v) is 6.41. The highest BCUT2D eigenvalue weighted by Gasteiger charge is 2.46. The van der Waals surface area contributed by atoms with Gasteiger partial charge < -0.3 is 14.9 Å². The number of ether oxygens (including phenoxy) is 1. The van der Waals surface area contributed by atoms with E-state index in [9.17, 15) is 9.90 Å². The van der Waals surface area contributed by atoms with Crippen LogP contribution in [0.5, 0.6) is 0 Å². The Morgan fingerprint density at radius 3 is 2.64 bits per heavy atom. The molecule has 0 aromatic heterocycles. The van der Waals surface area contributed by atoms with Crippen LogP contribution >= 0.6 is 0 Å². The second-order valence-corrected chi connectivity index (χ2v) is 3.10. The van der Waals surface area contributed by atoms with Gasteiger partial charge >= 0.3 is 5.97 Å². The van der Waals surface area contributed by atoms with Crippen molar-refractivity contribution in [3.8, 4) is 0 Å². The predicted molar refractivity (Wildman–Crippen MR) is 37.2 cm³/mol. The van der Waals surface area contributed by atoms with Gasteiger partial charge in [-0.15, -0.1) is 0 Å². The number of rotatable bonds is 3. The molecule has 4 nitrogen and oxygen atoms in total. The van der Waals surface area contributed by atoms with E-state index in [0.717, 1.165) is 0 Å². The third-order valence-corrected chi connectivity index (χ3v) is 2.01. The van der Waals surface area contributed by atoms with Crippen molar-refractivity contribution >= 4 is 5.97 Å². The first-order chi connectivity index (χ1) is 5.07. The standard InChI is InChI=1S/C7H12O4/c1-11-4-7(10)2-5(3-7)6(8)9/h5,10H,2-4H2,1H3,(H,8,9). The zero-order valence-electron chi connectivity index (χ0n) is 6.41. The second-order valence-electron chi connectivity index (χ2n) is 3.10. The van der Waals surface area contributed by atoms with Gasteiger partial charge in [-0.1, -0.05) is 0 Å². The molecule has 64 valence electrons. The lowest BCUT2D eigenvalue weighted by atomic mass is 9.71. The van der Waals surface area contributed by atoms with Crippen molar-refractivity contribution < 1.29 is 19.7 Å². The van der Waals surface area contributed by atoms with Crippen molar-refractivity contribution in [2.75, 3.05) is 13.7 Å². The molecular weight excluding hydrogens is 148 g/mol. The van der Waals surface area contributed by atoms with Gasteiger partial charge in [-0.25, -0.2) is 0 Å². The molecule has 11 heavy (non-hydrogen) atoms. The van der Waals surface area contributed by atoms with E-state index in [4.69, 9.17) is 9.84 Å². The minimum Gasteiger partial charge on any atom is -0.481 e. The largest absolute Gasteiger partial charge is 0.481 e. The van der Waals surface area contributed by atoms with Crippen molar-refractivity contribution in [1.82, 2.24) is 0 Å². The lowest BCUT2D eigenvalue weighted by Crippen LogP contribution is -2.50. The molecule has 0 heterocycles. The first kappa shape index (κ1) is 8.49.